The summed E-state index contributed by atoms with van der Waals surface area (Å²) >= 11 is 12.7. The summed E-state index contributed by atoms with van der Waals surface area (Å²) in [5, 5.41) is 10.7. The first-order valence-corrected chi connectivity index (χ1v) is 14.6. The van der Waals surface area contributed by atoms with Crippen molar-refractivity contribution in [2.75, 3.05) is 20.6 Å². The van der Waals surface area contributed by atoms with Crippen molar-refractivity contribution >= 4 is 35.3 Å². The summed E-state index contributed by atoms with van der Waals surface area (Å²) in [6.45, 7) is 5.69. The third-order valence-corrected chi connectivity index (χ3v) is 9.17. The minimum Gasteiger partial charge on any atom is -0.465 e. The van der Waals surface area contributed by atoms with Crippen LogP contribution in [0.2, 0.25) is 10.0 Å². The van der Waals surface area contributed by atoms with E-state index in [4.69, 9.17) is 23.2 Å². The zero-order chi connectivity index (χ0) is 33.2. The maximum absolute atomic E-state index is 14.1. The van der Waals surface area contributed by atoms with Gasteiger partial charge in [-0.1, -0.05) is 44.0 Å². The number of hydrogen-bond donors (Lipinski definition) is 1. The Morgan fingerprint density at radius 1 is 0.886 bits per heavy atom. The van der Waals surface area contributed by atoms with Crippen LogP contribution in [0.3, 0.4) is 0 Å². The summed E-state index contributed by atoms with van der Waals surface area (Å²) in [5.74, 6) is -0.626. The molecular formula is C30H33Cl2F6N3O3. The maximum atomic E-state index is 14.1. The molecule has 2 aromatic rings. The number of hydrogen-bond acceptors (Lipinski definition) is 2. The summed E-state index contributed by atoms with van der Waals surface area (Å²) in [4.78, 5) is 30.3. The number of likely N-dealkylation sites (N-methyl/N-ethyl adjacent to an activating group) is 1. The number of rotatable bonds is 4. The van der Waals surface area contributed by atoms with Crippen LogP contribution in [0.25, 0.3) is 0 Å². The van der Waals surface area contributed by atoms with Crippen LogP contribution < -0.4 is 0 Å². The first-order valence-electron chi connectivity index (χ1n) is 13.8. The number of halogens is 8. The van der Waals surface area contributed by atoms with Gasteiger partial charge in [0.1, 0.15) is 0 Å². The Morgan fingerprint density at radius 3 is 1.80 bits per heavy atom. The zero-order valence-electron chi connectivity index (χ0n) is 24.7. The van der Waals surface area contributed by atoms with E-state index >= 15 is 0 Å². The van der Waals surface area contributed by atoms with Crippen LogP contribution in [0.5, 0.6) is 0 Å². The largest absolute Gasteiger partial charge is 0.465 e. The fraction of sp³-hybridized carbons (Fsp3) is 0.533. The second kappa shape index (κ2) is 11.5. The third-order valence-electron chi connectivity index (χ3n) is 8.74. The van der Waals surface area contributed by atoms with Crippen molar-refractivity contribution in [2.45, 2.75) is 75.9 Å². The van der Waals surface area contributed by atoms with E-state index in [0.29, 0.717) is 27.7 Å². The van der Waals surface area contributed by atoms with Crippen LogP contribution in [-0.2, 0) is 17.9 Å². The highest BCUT2D eigenvalue weighted by molar-refractivity contribution is 6.34. The second-order valence-corrected chi connectivity index (χ2v) is 13.5. The molecule has 44 heavy (non-hydrogen) atoms. The lowest BCUT2D eigenvalue weighted by atomic mass is 9.69. The highest BCUT2D eigenvalue weighted by Crippen LogP contribution is 2.53. The summed E-state index contributed by atoms with van der Waals surface area (Å²) < 4.78 is 81.8. The van der Waals surface area contributed by atoms with Crippen LogP contribution >= 0.6 is 23.2 Å². The summed E-state index contributed by atoms with van der Waals surface area (Å²) in [5.41, 5.74) is -4.57. The van der Waals surface area contributed by atoms with Gasteiger partial charge in [-0.2, -0.15) is 26.3 Å². The van der Waals surface area contributed by atoms with Gasteiger partial charge in [0, 0.05) is 48.7 Å². The van der Waals surface area contributed by atoms with E-state index in [1.54, 1.807) is 12.1 Å². The van der Waals surface area contributed by atoms with E-state index < -0.39 is 64.6 Å². The Morgan fingerprint density at radius 2 is 1.39 bits per heavy atom. The molecule has 1 saturated heterocycles. The summed E-state index contributed by atoms with van der Waals surface area (Å²) in [6, 6.07) is 4.33. The number of piperidine rings is 1. The fourth-order valence-electron chi connectivity index (χ4n) is 6.54. The summed E-state index contributed by atoms with van der Waals surface area (Å²) in [7, 11) is 2.86. The zero-order valence-corrected chi connectivity index (χ0v) is 26.2. The van der Waals surface area contributed by atoms with E-state index in [-0.39, 0.29) is 37.4 Å². The first-order chi connectivity index (χ1) is 20.1. The molecule has 0 radical (unpaired) electrons. The fourth-order valence-corrected chi connectivity index (χ4v) is 7.09. The molecular weight excluding hydrogens is 635 g/mol. The number of urea groups is 1. The Bertz CT molecular complexity index is 1390. The number of carbonyl (C=O) groups is 2. The van der Waals surface area contributed by atoms with Gasteiger partial charge in [0.2, 0.25) is 0 Å². The molecule has 242 valence electrons. The van der Waals surface area contributed by atoms with Crippen LogP contribution in [0.1, 0.15) is 68.2 Å². The van der Waals surface area contributed by atoms with Crippen LogP contribution in [0, 0.1) is 5.41 Å². The number of amides is 3. The molecule has 1 aliphatic heterocycles. The number of likely N-dealkylation sites (tertiary alicyclic amines) is 1. The number of carbonyl (C=O) groups excluding carboxylic acids is 1. The average molecular weight is 669 g/mol. The van der Waals surface area contributed by atoms with E-state index in [2.05, 4.69) is 0 Å². The molecule has 3 atom stereocenters. The standard InChI is InChI=1S/C30H33Cl2F6N3O3/c1-27(2,3)24-23(16-10-20(31)15-21(32)11-16)22(6-9-41(24)26(43)44)39(4)25(42)40(5)28(7-8-28)17-12-18(29(33,34)35)14-19(13-17)30(36,37)38/h10-15,22-24H,6-9H2,1-5H3,(H,43,44)/t22-,23-,24?/m1/s1. The van der Waals surface area contributed by atoms with Gasteiger partial charge < -0.3 is 19.8 Å². The molecule has 3 amide bonds. The van der Waals surface area contributed by atoms with Crippen LogP contribution in [0.15, 0.2) is 36.4 Å². The molecule has 1 N–H and O–H groups in total. The van der Waals surface area contributed by atoms with Crippen LogP contribution in [-0.4, -0.2) is 64.7 Å². The number of nitrogens with zero attached hydrogens (tertiary/aromatic N) is 3. The Kier molecular flexibility index (Phi) is 8.89. The van der Waals surface area contributed by atoms with Gasteiger partial charge in [0.05, 0.1) is 16.7 Å². The van der Waals surface area contributed by atoms with Gasteiger partial charge in [-0.25, -0.2) is 9.59 Å². The second-order valence-electron chi connectivity index (χ2n) is 12.7. The van der Waals surface area contributed by atoms with Crippen molar-refractivity contribution in [2.24, 2.45) is 5.41 Å². The lowest BCUT2D eigenvalue weighted by Gasteiger charge is -2.52. The topological polar surface area (TPSA) is 64.1 Å². The van der Waals surface area contributed by atoms with E-state index in [0.717, 1.165) is 0 Å². The van der Waals surface area contributed by atoms with Gasteiger partial charge in [-0.05, 0) is 72.2 Å². The lowest BCUT2D eigenvalue weighted by molar-refractivity contribution is -0.143. The van der Waals surface area contributed by atoms with E-state index in [1.165, 1.54) is 34.9 Å². The Hall–Kier alpha value is -2.86. The quantitative estimate of drug-likeness (QED) is 0.331. The van der Waals surface area contributed by atoms with Gasteiger partial charge in [-0.3, -0.25) is 0 Å². The van der Waals surface area contributed by atoms with Gasteiger partial charge in [0.15, 0.2) is 0 Å². The number of carboxylic acid groups (broad SMARTS) is 1. The molecule has 2 aromatic carbocycles. The first kappa shape index (κ1) is 34.0. The maximum Gasteiger partial charge on any atom is 0.416 e. The molecule has 4 rings (SSSR count). The molecule has 1 saturated carbocycles. The number of alkyl halides is 6. The highest BCUT2D eigenvalue weighted by atomic mass is 35.5. The van der Waals surface area contributed by atoms with Gasteiger partial charge >= 0.3 is 24.5 Å². The predicted molar refractivity (Wildman–Crippen MR) is 154 cm³/mol. The molecule has 1 aliphatic carbocycles. The molecule has 1 unspecified atom stereocenters. The normalized spacial score (nSPS) is 22.0. The molecule has 14 heteroatoms. The molecule has 0 bridgehead atoms. The molecule has 0 spiro atoms. The predicted octanol–water partition coefficient (Wildman–Crippen LogP) is 8.95. The molecule has 2 aliphatic rings. The van der Waals surface area contributed by atoms with Gasteiger partial charge in [-0.15, -0.1) is 0 Å². The van der Waals surface area contributed by atoms with Crippen molar-refractivity contribution in [3.63, 3.8) is 0 Å². The minimum atomic E-state index is -5.03. The van der Waals surface area contributed by atoms with Crippen molar-refractivity contribution in [1.82, 2.24) is 14.7 Å². The number of benzene rings is 2. The Labute approximate surface area is 261 Å². The lowest BCUT2D eigenvalue weighted by Crippen LogP contribution is -2.62. The van der Waals surface area contributed by atoms with Crippen molar-refractivity contribution < 1.29 is 41.0 Å². The Balaban J connectivity index is 1.77. The van der Waals surface area contributed by atoms with Crippen molar-refractivity contribution in [3.05, 3.63) is 68.7 Å². The van der Waals surface area contributed by atoms with Crippen LogP contribution in [0.4, 0.5) is 35.9 Å². The van der Waals surface area contributed by atoms with E-state index in [9.17, 15) is 41.0 Å². The smallest absolute Gasteiger partial charge is 0.416 e. The van der Waals surface area contributed by atoms with E-state index in [1.807, 2.05) is 20.8 Å². The van der Waals surface area contributed by atoms with Crippen molar-refractivity contribution in [1.29, 1.82) is 0 Å². The van der Waals surface area contributed by atoms with Gasteiger partial charge in [0.25, 0.3) is 0 Å². The monoisotopic (exact) mass is 667 g/mol. The molecule has 1 heterocycles. The summed E-state index contributed by atoms with van der Waals surface area (Å²) in [6.07, 6.45) is -10.7. The molecule has 2 fully saturated rings. The highest BCUT2D eigenvalue weighted by Gasteiger charge is 2.54. The van der Waals surface area contributed by atoms with Crippen molar-refractivity contribution in [3.8, 4) is 0 Å². The molecule has 0 aromatic heterocycles. The third kappa shape index (κ3) is 6.56. The molecule has 6 nitrogen and oxygen atoms in total. The average Bonchev–Trinajstić information content (AvgIpc) is 3.71. The SMILES string of the molecule is CN(C(=O)N(C)C1(c2cc(C(F)(F)F)cc(C(F)(F)F)c2)CC1)[C@@H]1CCN(C(=O)O)C(C(C)(C)C)[C@@H]1c1cc(Cl)cc(Cl)c1. The minimum absolute atomic E-state index is 0.0666.